The van der Waals surface area contributed by atoms with Crippen LogP contribution in [0.5, 0.6) is 5.75 Å². The van der Waals surface area contributed by atoms with Gasteiger partial charge in [0.15, 0.2) is 0 Å². The zero-order valence-corrected chi connectivity index (χ0v) is 25.0. The highest BCUT2D eigenvalue weighted by Crippen LogP contribution is 2.34. The maximum absolute atomic E-state index is 14.0. The number of nitrogens with zero attached hydrogens (tertiary/aromatic N) is 4. The van der Waals surface area contributed by atoms with Gasteiger partial charge in [-0.25, -0.2) is 18.5 Å². The molecule has 1 atom stereocenters. The normalized spacial score (nSPS) is 17.4. The minimum absolute atomic E-state index is 0.0394. The Morgan fingerprint density at radius 3 is 2.42 bits per heavy atom. The summed E-state index contributed by atoms with van der Waals surface area (Å²) in [5.41, 5.74) is 0.432. The molecule has 1 aromatic heterocycles. The molecule has 3 aromatic rings. The number of carbonyl (C=O) groups is 1. The minimum Gasteiger partial charge on any atom is -0.495 e. The molecule has 230 valence electrons. The van der Waals surface area contributed by atoms with E-state index < -0.39 is 21.4 Å². The van der Waals surface area contributed by atoms with Gasteiger partial charge >= 0.3 is 6.18 Å². The van der Waals surface area contributed by atoms with Crippen molar-refractivity contribution < 1.29 is 26.9 Å². The van der Waals surface area contributed by atoms with Crippen LogP contribution < -0.4 is 10.1 Å². The first-order valence-corrected chi connectivity index (χ1v) is 16.1. The fourth-order valence-corrected chi connectivity index (χ4v) is 7.63. The summed E-state index contributed by atoms with van der Waals surface area (Å²) in [5, 5.41) is 2.95. The van der Waals surface area contributed by atoms with E-state index in [0.29, 0.717) is 53.6 Å². The van der Waals surface area contributed by atoms with Gasteiger partial charge < -0.3 is 15.0 Å². The molecule has 43 heavy (non-hydrogen) atoms. The summed E-state index contributed by atoms with van der Waals surface area (Å²) in [6.07, 6.45) is 1.12. The smallest absolute Gasteiger partial charge is 0.419 e. The fraction of sp³-hybridized carbons (Fsp3) is 0.419. The molecular formula is C31H36F3N5O3S. The van der Waals surface area contributed by atoms with Crippen LogP contribution in [0.4, 0.5) is 24.8 Å². The molecule has 2 aliphatic heterocycles. The van der Waals surface area contributed by atoms with Crippen LogP contribution in [0.25, 0.3) is 0 Å². The standard InChI is InChI=1S/C31H36F3N5O3S/c1-42-27-20-23(29(40)38-16-8-9-17-38)13-15-26(27)37-30-35-21-24(31(32,33)34)25(36-30)14-12-22-10-4-5-11-28(22)43(2,41)39-18-6-3-7-19-39/h4-5,10-11,13,15,20-21H,2-3,6-9,12,14,16-19H2,1H3,(H,35,36,37). The second-order valence-corrected chi connectivity index (χ2v) is 13.1. The van der Waals surface area contributed by atoms with Gasteiger partial charge in [-0.3, -0.25) is 4.79 Å². The number of methoxy groups -OCH3 is 1. The number of anilines is 2. The third-order valence-electron chi connectivity index (χ3n) is 7.94. The van der Waals surface area contributed by atoms with E-state index in [-0.39, 0.29) is 30.4 Å². The molecule has 2 aliphatic rings. The number of likely N-dealkylation sites (tertiary alicyclic amines) is 1. The van der Waals surface area contributed by atoms with Gasteiger partial charge in [0, 0.05) is 42.8 Å². The number of halogens is 3. The average molecular weight is 616 g/mol. The Labute approximate surface area is 250 Å². The summed E-state index contributed by atoms with van der Waals surface area (Å²) in [4.78, 5) is 23.3. The quantitative estimate of drug-likeness (QED) is 0.309. The molecular weight excluding hydrogens is 579 g/mol. The first-order valence-electron chi connectivity index (χ1n) is 14.5. The maximum atomic E-state index is 14.0. The summed E-state index contributed by atoms with van der Waals surface area (Å²) in [6, 6.07) is 12.0. The number of rotatable bonds is 9. The zero-order chi connectivity index (χ0) is 30.6. The van der Waals surface area contributed by atoms with Crippen molar-refractivity contribution in [2.24, 2.45) is 0 Å². The van der Waals surface area contributed by atoms with Crippen molar-refractivity contribution in [1.29, 1.82) is 0 Å². The number of benzene rings is 2. The van der Waals surface area contributed by atoms with Gasteiger partial charge in [-0.2, -0.15) is 13.2 Å². The van der Waals surface area contributed by atoms with E-state index in [2.05, 4.69) is 21.2 Å². The van der Waals surface area contributed by atoms with Crippen LogP contribution in [-0.2, 0) is 28.7 Å². The van der Waals surface area contributed by atoms with Crippen molar-refractivity contribution in [3.63, 3.8) is 0 Å². The second kappa shape index (κ2) is 12.9. The van der Waals surface area contributed by atoms with Crippen LogP contribution in [0.3, 0.4) is 0 Å². The number of carbonyl (C=O) groups excluding carboxylic acids is 1. The van der Waals surface area contributed by atoms with Gasteiger partial charge in [0.25, 0.3) is 5.91 Å². The highest BCUT2D eigenvalue weighted by atomic mass is 32.2. The SMILES string of the molecule is C=S(=O)(c1ccccc1CCc1nc(Nc2ccc(C(=O)N3CCCC3)cc2OC)ncc1C(F)(F)F)N1CCCCC1. The fourth-order valence-electron chi connectivity index (χ4n) is 5.63. The minimum atomic E-state index is -4.66. The monoisotopic (exact) mass is 615 g/mol. The summed E-state index contributed by atoms with van der Waals surface area (Å²) < 4.78 is 63.2. The number of aryl methyl sites for hydroxylation is 2. The molecule has 1 amide bonds. The van der Waals surface area contributed by atoms with Gasteiger partial charge in [0.2, 0.25) is 5.95 Å². The molecule has 0 spiro atoms. The van der Waals surface area contributed by atoms with E-state index in [9.17, 15) is 22.2 Å². The maximum Gasteiger partial charge on any atom is 0.419 e. The number of amides is 1. The molecule has 1 unspecified atom stereocenters. The molecule has 0 radical (unpaired) electrons. The predicted molar refractivity (Wildman–Crippen MR) is 161 cm³/mol. The van der Waals surface area contributed by atoms with Crippen molar-refractivity contribution in [2.75, 3.05) is 38.6 Å². The van der Waals surface area contributed by atoms with E-state index in [4.69, 9.17) is 4.74 Å². The lowest BCUT2D eigenvalue weighted by molar-refractivity contribution is -0.138. The lowest BCUT2D eigenvalue weighted by Gasteiger charge is -2.30. The molecule has 1 N–H and O–H groups in total. The number of hydrogen-bond donors (Lipinski definition) is 1. The van der Waals surface area contributed by atoms with Gasteiger partial charge in [-0.1, -0.05) is 24.6 Å². The molecule has 2 saturated heterocycles. The molecule has 2 aromatic carbocycles. The number of ether oxygens (including phenoxy) is 1. The van der Waals surface area contributed by atoms with Crippen LogP contribution in [-0.4, -0.2) is 68.4 Å². The molecule has 12 heteroatoms. The number of aromatic nitrogens is 2. The lowest BCUT2D eigenvalue weighted by atomic mass is 10.1. The molecule has 5 rings (SSSR count). The third kappa shape index (κ3) is 6.96. The lowest BCUT2D eigenvalue weighted by Crippen LogP contribution is -2.36. The summed E-state index contributed by atoms with van der Waals surface area (Å²) >= 11 is 0. The number of hydrogen-bond acceptors (Lipinski definition) is 6. The summed E-state index contributed by atoms with van der Waals surface area (Å²) in [7, 11) is -1.33. The molecule has 0 saturated carbocycles. The van der Waals surface area contributed by atoms with E-state index in [1.807, 2.05) is 4.31 Å². The number of nitrogens with one attached hydrogen (secondary N) is 1. The van der Waals surface area contributed by atoms with E-state index in [1.165, 1.54) is 7.11 Å². The number of alkyl halides is 3. The Morgan fingerprint density at radius 1 is 1.02 bits per heavy atom. The Kier molecular flexibility index (Phi) is 9.26. The summed E-state index contributed by atoms with van der Waals surface area (Å²) in [6.45, 7) is 2.76. The zero-order valence-electron chi connectivity index (χ0n) is 24.2. The molecule has 2 fully saturated rings. The number of piperidine rings is 1. The molecule has 0 bridgehead atoms. The topological polar surface area (TPSA) is 87.7 Å². The molecule has 8 nitrogen and oxygen atoms in total. The first-order chi connectivity index (χ1) is 20.6. The third-order valence-corrected chi connectivity index (χ3v) is 10.2. The average Bonchev–Trinajstić information content (AvgIpc) is 3.55. The second-order valence-electron chi connectivity index (χ2n) is 10.8. The van der Waals surface area contributed by atoms with E-state index in [1.54, 1.807) is 47.4 Å². The van der Waals surface area contributed by atoms with Gasteiger partial charge in [-0.05, 0) is 74.2 Å². The molecule has 0 aliphatic carbocycles. The van der Waals surface area contributed by atoms with E-state index in [0.717, 1.165) is 38.3 Å². The van der Waals surface area contributed by atoms with Crippen molar-refractivity contribution in [1.82, 2.24) is 19.2 Å². The van der Waals surface area contributed by atoms with Gasteiger partial charge in [-0.15, -0.1) is 0 Å². The van der Waals surface area contributed by atoms with Gasteiger partial charge in [0.05, 0.1) is 33.8 Å². The Bertz CT molecular complexity index is 1570. The highest BCUT2D eigenvalue weighted by molar-refractivity contribution is 7.98. The van der Waals surface area contributed by atoms with Gasteiger partial charge in [0.1, 0.15) is 5.75 Å². The predicted octanol–water partition coefficient (Wildman–Crippen LogP) is 5.75. The Balaban J connectivity index is 1.39. The van der Waals surface area contributed by atoms with Crippen LogP contribution in [0, 0.1) is 0 Å². The molecule has 3 heterocycles. The van der Waals surface area contributed by atoms with Crippen LogP contribution >= 0.6 is 0 Å². The Hall–Kier alpha value is -3.64. The van der Waals surface area contributed by atoms with Crippen molar-refractivity contribution in [2.45, 2.75) is 56.0 Å². The van der Waals surface area contributed by atoms with E-state index >= 15 is 0 Å². The van der Waals surface area contributed by atoms with Crippen molar-refractivity contribution >= 4 is 33.1 Å². The van der Waals surface area contributed by atoms with Crippen molar-refractivity contribution in [3.8, 4) is 5.75 Å². The van der Waals surface area contributed by atoms with Crippen molar-refractivity contribution in [3.05, 3.63) is 71.0 Å². The first kappa shape index (κ1) is 30.8. The van der Waals surface area contributed by atoms with Crippen LogP contribution in [0.15, 0.2) is 53.6 Å². The summed E-state index contributed by atoms with van der Waals surface area (Å²) in [5.74, 6) is 4.26. The largest absolute Gasteiger partial charge is 0.495 e. The highest BCUT2D eigenvalue weighted by Gasteiger charge is 2.35. The van der Waals surface area contributed by atoms with Crippen LogP contribution in [0.2, 0.25) is 0 Å². The Morgan fingerprint density at radius 2 is 1.72 bits per heavy atom. The van der Waals surface area contributed by atoms with Crippen LogP contribution in [0.1, 0.15) is 59.3 Å².